The summed E-state index contributed by atoms with van der Waals surface area (Å²) < 4.78 is 5.69. The van der Waals surface area contributed by atoms with E-state index in [-0.39, 0.29) is 24.0 Å². The van der Waals surface area contributed by atoms with Gasteiger partial charge in [-0.3, -0.25) is 9.59 Å². The minimum atomic E-state index is -1.38. The molecular formula is C27H33NO5. The highest BCUT2D eigenvalue weighted by Crippen LogP contribution is 2.60. The SMILES string of the molecule is CC1=CCC2C(C)(C)C3=C(CC2(C)C1OC(=O)C(O)CN)C(=O)C=CC3=O.c1ccccc1. The molecule has 3 N–H and O–H groups in total. The number of benzene rings is 1. The molecule has 0 saturated heterocycles. The minimum absolute atomic E-state index is 0.00326. The number of carbonyl (C=O) groups is 3. The molecule has 0 spiro atoms. The molecular weight excluding hydrogens is 418 g/mol. The topological polar surface area (TPSA) is 107 Å². The van der Waals surface area contributed by atoms with E-state index in [0.717, 1.165) is 12.0 Å². The van der Waals surface area contributed by atoms with Gasteiger partial charge >= 0.3 is 5.97 Å². The summed E-state index contributed by atoms with van der Waals surface area (Å²) in [5.74, 6) is -1.03. The van der Waals surface area contributed by atoms with Crippen LogP contribution in [0.25, 0.3) is 0 Å². The van der Waals surface area contributed by atoms with Gasteiger partial charge in [0.05, 0.1) is 0 Å². The van der Waals surface area contributed by atoms with E-state index in [9.17, 15) is 19.5 Å². The predicted molar refractivity (Wildman–Crippen MR) is 126 cm³/mol. The minimum Gasteiger partial charge on any atom is -0.455 e. The molecule has 0 heterocycles. The Balaban J connectivity index is 0.000000442. The molecule has 0 amide bonds. The Bertz CT molecular complexity index is 993. The smallest absolute Gasteiger partial charge is 0.336 e. The zero-order chi connectivity index (χ0) is 24.4. The fraction of sp³-hybridized carbons (Fsp3) is 0.444. The second kappa shape index (κ2) is 9.57. The summed E-state index contributed by atoms with van der Waals surface area (Å²) >= 11 is 0. The summed E-state index contributed by atoms with van der Waals surface area (Å²) in [5, 5.41) is 9.75. The number of rotatable bonds is 3. The third kappa shape index (κ3) is 4.63. The zero-order valence-corrected chi connectivity index (χ0v) is 19.7. The van der Waals surface area contributed by atoms with Gasteiger partial charge in [-0.25, -0.2) is 4.79 Å². The van der Waals surface area contributed by atoms with Crippen LogP contribution in [0.2, 0.25) is 0 Å². The van der Waals surface area contributed by atoms with Gasteiger partial charge in [-0.05, 0) is 48.8 Å². The van der Waals surface area contributed by atoms with Crippen LogP contribution in [-0.4, -0.2) is 41.4 Å². The Morgan fingerprint density at radius 3 is 2.18 bits per heavy atom. The van der Waals surface area contributed by atoms with Crippen molar-refractivity contribution in [2.45, 2.75) is 52.7 Å². The Kier molecular flexibility index (Phi) is 7.20. The summed E-state index contributed by atoms with van der Waals surface area (Å²) in [4.78, 5) is 37.4. The predicted octanol–water partition coefficient (Wildman–Crippen LogP) is 3.31. The quantitative estimate of drug-likeness (QED) is 0.415. The monoisotopic (exact) mass is 451 g/mol. The third-order valence-electron chi connectivity index (χ3n) is 7.18. The molecule has 3 aliphatic rings. The molecule has 1 aromatic rings. The van der Waals surface area contributed by atoms with Crippen molar-refractivity contribution in [2.24, 2.45) is 22.5 Å². The van der Waals surface area contributed by atoms with Gasteiger partial charge in [-0.1, -0.05) is 63.2 Å². The Morgan fingerprint density at radius 1 is 1.09 bits per heavy atom. The second-order valence-electron chi connectivity index (χ2n) is 9.78. The van der Waals surface area contributed by atoms with Crippen LogP contribution in [0, 0.1) is 16.7 Å². The highest BCUT2D eigenvalue weighted by molar-refractivity contribution is 6.21. The fourth-order valence-corrected chi connectivity index (χ4v) is 5.67. The molecule has 33 heavy (non-hydrogen) atoms. The van der Waals surface area contributed by atoms with Crippen LogP contribution in [0.3, 0.4) is 0 Å². The van der Waals surface area contributed by atoms with Crippen molar-refractivity contribution < 1.29 is 24.2 Å². The van der Waals surface area contributed by atoms with Crippen molar-refractivity contribution in [3.8, 4) is 0 Å². The van der Waals surface area contributed by atoms with E-state index in [0.29, 0.717) is 17.6 Å². The standard InChI is InChI=1S/C21H27NO5.C6H6/c1-11-5-8-16-20(2,3)17-12(13(23)6-7-14(17)24)9-21(16,4)18(11)27-19(26)15(25)10-22;1-2-4-6-5-3-1/h5-7,15-16,18,25H,8-10,22H2,1-4H3;1-6H. The van der Waals surface area contributed by atoms with Crippen LogP contribution in [0.15, 0.2) is 71.3 Å². The first-order valence-corrected chi connectivity index (χ1v) is 11.3. The maximum absolute atomic E-state index is 12.6. The Hall–Kier alpha value is -2.83. The largest absolute Gasteiger partial charge is 0.455 e. The number of aliphatic hydroxyl groups is 1. The molecule has 0 saturated carbocycles. The molecule has 4 unspecified atom stereocenters. The van der Waals surface area contributed by atoms with Gasteiger partial charge in [-0.15, -0.1) is 0 Å². The van der Waals surface area contributed by atoms with Gasteiger partial charge in [0, 0.05) is 23.1 Å². The summed E-state index contributed by atoms with van der Waals surface area (Å²) in [6.45, 7) is 7.64. The Labute approximate surface area is 195 Å². The molecule has 6 heteroatoms. The van der Waals surface area contributed by atoms with Gasteiger partial charge < -0.3 is 15.6 Å². The first kappa shape index (κ1) is 24.8. The number of esters is 1. The number of fused-ring (bicyclic) bond motifs is 1. The van der Waals surface area contributed by atoms with Crippen molar-refractivity contribution in [2.75, 3.05) is 6.54 Å². The van der Waals surface area contributed by atoms with Gasteiger partial charge in [0.2, 0.25) is 0 Å². The molecule has 0 aromatic heterocycles. The molecule has 0 radical (unpaired) electrons. The number of ketones is 2. The number of ether oxygens (including phenoxy) is 1. The summed E-state index contributed by atoms with van der Waals surface area (Å²) in [6.07, 6.45) is 3.81. The molecule has 0 aliphatic heterocycles. The molecule has 176 valence electrons. The molecule has 0 fully saturated rings. The molecule has 3 aliphatic carbocycles. The zero-order valence-electron chi connectivity index (χ0n) is 19.7. The van der Waals surface area contributed by atoms with Crippen LogP contribution in [0.1, 0.15) is 40.5 Å². The van der Waals surface area contributed by atoms with E-state index >= 15 is 0 Å². The lowest BCUT2D eigenvalue weighted by Crippen LogP contribution is -2.55. The number of hydrogen-bond donors (Lipinski definition) is 2. The van der Waals surface area contributed by atoms with Crippen molar-refractivity contribution >= 4 is 17.5 Å². The van der Waals surface area contributed by atoms with E-state index in [2.05, 4.69) is 0 Å². The van der Waals surface area contributed by atoms with E-state index in [4.69, 9.17) is 10.5 Å². The van der Waals surface area contributed by atoms with Crippen molar-refractivity contribution in [1.82, 2.24) is 0 Å². The van der Waals surface area contributed by atoms with E-state index < -0.39 is 29.0 Å². The number of aliphatic hydroxyl groups excluding tert-OH is 1. The highest BCUT2D eigenvalue weighted by Gasteiger charge is 2.58. The Morgan fingerprint density at radius 2 is 1.64 bits per heavy atom. The summed E-state index contributed by atoms with van der Waals surface area (Å²) in [7, 11) is 0. The lowest BCUT2D eigenvalue weighted by Gasteiger charge is -2.56. The lowest BCUT2D eigenvalue weighted by molar-refractivity contribution is -0.168. The van der Waals surface area contributed by atoms with Crippen LogP contribution in [0.5, 0.6) is 0 Å². The number of nitrogens with two attached hydrogens (primary N) is 1. The third-order valence-corrected chi connectivity index (χ3v) is 7.18. The average Bonchev–Trinajstić information content (AvgIpc) is 2.79. The summed E-state index contributed by atoms with van der Waals surface area (Å²) in [5.41, 5.74) is 6.25. The lowest BCUT2D eigenvalue weighted by atomic mass is 9.48. The highest BCUT2D eigenvalue weighted by atomic mass is 16.6. The fourth-order valence-electron chi connectivity index (χ4n) is 5.67. The molecule has 4 atom stereocenters. The first-order valence-electron chi connectivity index (χ1n) is 11.3. The maximum atomic E-state index is 12.6. The van der Waals surface area contributed by atoms with Gasteiger partial charge in [0.25, 0.3) is 0 Å². The van der Waals surface area contributed by atoms with Gasteiger partial charge in [-0.2, -0.15) is 0 Å². The van der Waals surface area contributed by atoms with Crippen LogP contribution >= 0.6 is 0 Å². The van der Waals surface area contributed by atoms with Crippen molar-refractivity contribution in [1.29, 1.82) is 0 Å². The molecule has 0 bridgehead atoms. The molecule has 6 nitrogen and oxygen atoms in total. The van der Waals surface area contributed by atoms with Crippen molar-refractivity contribution in [3.63, 3.8) is 0 Å². The van der Waals surface area contributed by atoms with Crippen LogP contribution < -0.4 is 5.73 Å². The van der Waals surface area contributed by atoms with Crippen LogP contribution in [0.4, 0.5) is 0 Å². The van der Waals surface area contributed by atoms with Gasteiger partial charge in [0.1, 0.15) is 6.10 Å². The normalized spacial score (nSPS) is 28.6. The summed E-state index contributed by atoms with van der Waals surface area (Å²) in [6, 6.07) is 12.0. The number of hydrogen-bond acceptors (Lipinski definition) is 6. The van der Waals surface area contributed by atoms with E-state index in [1.54, 1.807) is 0 Å². The van der Waals surface area contributed by atoms with E-state index in [1.807, 2.05) is 70.2 Å². The molecule has 4 rings (SSSR count). The second-order valence-corrected chi connectivity index (χ2v) is 9.78. The van der Waals surface area contributed by atoms with Gasteiger partial charge in [0.15, 0.2) is 17.7 Å². The van der Waals surface area contributed by atoms with Crippen molar-refractivity contribution in [3.05, 3.63) is 71.3 Å². The maximum Gasteiger partial charge on any atom is 0.336 e. The average molecular weight is 452 g/mol. The molecule has 1 aromatic carbocycles. The number of allylic oxidation sites excluding steroid dienone is 5. The number of carbonyl (C=O) groups excluding carboxylic acids is 3. The first-order chi connectivity index (χ1) is 15.5. The van der Waals surface area contributed by atoms with E-state index in [1.165, 1.54) is 12.2 Å². The van der Waals surface area contributed by atoms with Crippen LogP contribution in [-0.2, 0) is 19.1 Å².